The third kappa shape index (κ3) is 3.25. The molecule has 0 unspecified atom stereocenters. The van der Waals surface area contributed by atoms with Crippen molar-refractivity contribution < 1.29 is 10.0 Å². The fourth-order valence-electron chi connectivity index (χ4n) is 1.60. The number of benzene rings is 1. The highest BCUT2D eigenvalue weighted by atomic mass is 16.4. The molecule has 0 aliphatic heterocycles. The highest BCUT2D eigenvalue weighted by molar-refractivity contribution is 6.58. The van der Waals surface area contributed by atoms with E-state index in [0.29, 0.717) is 5.46 Å². The Balaban J connectivity index is 2.77. The Bertz CT molecular complexity index is 287. The van der Waals surface area contributed by atoms with Gasteiger partial charge in [-0.3, -0.25) is 0 Å². The summed E-state index contributed by atoms with van der Waals surface area (Å²) in [5.41, 5.74) is 1.66. The molecule has 0 radical (unpaired) electrons. The summed E-state index contributed by atoms with van der Waals surface area (Å²) in [7, 11) is -1.37. The molecule has 0 heterocycles. The van der Waals surface area contributed by atoms with E-state index in [0.717, 1.165) is 25.2 Å². The van der Waals surface area contributed by atoms with Gasteiger partial charge in [0, 0.05) is 18.8 Å². The van der Waals surface area contributed by atoms with Crippen molar-refractivity contribution in [3.05, 3.63) is 24.3 Å². The molecule has 0 aromatic heterocycles. The molecule has 1 aromatic rings. The lowest BCUT2D eigenvalue weighted by Gasteiger charge is -2.22. The van der Waals surface area contributed by atoms with Crippen LogP contribution in [0.3, 0.4) is 0 Å². The Labute approximate surface area is 91.5 Å². The molecule has 0 aliphatic carbocycles. The summed E-state index contributed by atoms with van der Waals surface area (Å²) in [6.07, 6.45) is 1.11. The lowest BCUT2D eigenvalue weighted by molar-refractivity contribution is 0.426. The number of hydrogen-bond donors (Lipinski definition) is 2. The maximum Gasteiger partial charge on any atom is 0.488 e. The summed E-state index contributed by atoms with van der Waals surface area (Å²) in [6, 6.07) is 7.35. The van der Waals surface area contributed by atoms with E-state index in [9.17, 15) is 0 Å². The average Bonchev–Trinajstić information content (AvgIpc) is 2.26. The molecule has 0 aliphatic rings. The molecule has 0 saturated heterocycles. The van der Waals surface area contributed by atoms with Crippen LogP contribution in [0.15, 0.2) is 24.3 Å². The third-order valence-electron chi connectivity index (χ3n) is 2.43. The lowest BCUT2D eigenvalue weighted by atomic mass is 9.80. The number of rotatable bonds is 5. The van der Waals surface area contributed by atoms with Crippen molar-refractivity contribution in [3.8, 4) is 0 Å². The van der Waals surface area contributed by atoms with Gasteiger partial charge in [0.15, 0.2) is 0 Å². The number of hydrogen-bond acceptors (Lipinski definition) is 3. The van der Waals surface area contributed by atoms with Crippen LogP contribution in [0.5, 0.6) is 0 Å². The smallest absolute Gasteiger partial charge is 0.423 e. The highest BCUT2D eigenvalue weighted by Gasteiger charge is 2.10. The van der Waals surface area contributed by atoms with Crippen LogP contribution in [0, 0.1) is 0 Å². The van der Waals surface area contributed by atoms with Gasteiger partial charge in [0.2, 0.25) is 0 Å². The van der Waals surface area contributed by atoms with E-state index >= 15 is 0 Å². The topological polar surface area (TPSA) is 43.7 Å². The molecular weight excluding hydrogens is 189 g/mol. The summed E-state index contributed by atoms with van der Waals surface area (Å²) < 4.78 is 0. The van der Waals surface area contributed by atoms with Gasteiger partial charge in [-0.2, -0.15) is 0 Å². The summed E-state index contributed by atoms with van der Waals surface area (Å²) in [5.74, 6) is 0. The second-order valence-corrected chi connectivity index (χ2v) is 3.54. The Kier molecular flexibility index (Phi) is 4.65. The Hall–Kier alpha value is -0.995. The molecule has 2 N–H and O–H groups in total. The van der Waals surface area contributed by atoms with Crippen LogP contribution >= 0.6 is 0 Å². The van der Waals surface area contributed by atoms with Crippen molar-refractivity contribution in [1.82, 2.24) is 0 Å². The van der Waals surface area contributed by atoms with E-state index in [2.05, 4.69) is 18.7 Å². The van der Waals surface area contributed by atoms with E-state index in [1.54, 1.807) is 12.1 Å². The van der Waals surface area contributed by atoms with Crippen LogP contribution in [0.4, 0.5) is 5.69 Å². The number of anilines is 1. The van der Waals surface area contributed by atoms with Gasteiger partial charge in [-0.25, -0.2) is 0 Å². The van der Waals surface area contributed by atoms with Crippen molar-refractivity contribution >= 4 is 18.3 Å². The Morgan fingerprint density at radius 3 is 2.13 bits per heavy atom. The molecule has 1 aromatic carbocycles. The molecule has 0 amide bonds. The van der Waals surface area contributed by atoms with Gasteiger partial charge >= 0.3 is 7.12 Å². The maximum absolute atomic E-state index is 8.96. The minimum atomic E-state index is -1.37. The minimum absolute atomic E-state index is 0.534. The molecule has 3 nitrogen and oxygen atoms in total. The zero-order chi connectivity index (χ0) is 11.3. The molecule has 0 saturated carbocycles. The van der Waals surface area contributed by atoms with Gasteiger partial charge in [-0.1, -0.05) is 19.1 Å². The second-order valence-electron chi connectivity index (χ2n) is 3.54. The molecular formula is C11H18BNO2. The van der Waals surface area contributed by atoms with Gasteiger partial charge in [0.25, 0.3) is 0 Å². The Morgan fingerprint density at radius 2 is 1.73 bits per heavy atom. The van der Waals surface area contributed by atoms with Crippen molar-refractivity contribution in [2.24, 2.45) is 0 Å². The van der Waals surface area contributed by atoms with Crippen LogP contribution in [-0.2, 0) is 0 Å². The first kappa shape index (κ1) is 12.1. The molecule has 4 heteroatoms. The quantitative estimate of drug-likeness (QED) is 0.695. The minimum Gasteiger partial charge on any atom is -0.423 e. The lowest BCUT2D eigenvalue weighted by Crippen LogP contribution is -2.30. The second kappa shape index (κ2) is 5.78. The maximum atomic E-state index is 8.96. The zero-order valence-corrected chi connectivity index (χ0v) is 9.35. The first-order chi connectivity index (χ1) is 7.19. The third-order valence-corrected chi connectivity index (χ3v) is 2.43. The molecule has 0 bridgehead atoms. The van der Waals surface area contributed by atoms with Crippen LogP contribution in [0.2, 0.25) is 0 Å². The zero-order valence-electron chi connectivity index (χ0n) is 9.35. The van der Waals surface area contributed by atoms with Gasteiger partial charge < -0.3 is 14.9 Å². The monoisotopic (exact) mass is 207 g/mol. The summed E-state index contributed by atoms with van der Waals surface area (Å²) >= 11 is 0. The molecule has 0 atom stereocenters. The van der Waals surface area contributed by atoms with Gasteiger partial charge in [-0.15, -0.1) is 0 Å². The summed E-state index contributed by atoms with van der Waals surface area (Å²) in [4.78, 5) is 2.26. The van der Waals surface area contributed by atoms with Crippen molar-refractivity contribution in [3.63, 3.8) is 0 Å². The van der Waals surface area contributed by atoms with Crippen LogP contribution in [0.25, 0.3) is 0 Å². The first-order valence-corrected chi connectivity index (χ1v) is 5.40. The molecule has 0 fully saturated rings. The van der Waals surface area contributed by atoms with Crippen molar-refractivity contribution in [2.75, 3.05) is 18.0 Å². The molecule has 0 spiro atoms. The van der Waals surface area contributed by atoms with Gasteiger partial charge in [0.05, 0.1) is 0 Å². The predicted octanol–water partition coefficient (Wildman–Crippen LogP) is 0.603. The van der Waals surface area contributed by atoms with Gasteiger partial charge in [0.1, 0.15) is 0 Å². The van der Waals surface area contributed by atoms with E-state index in [4.69, 9.17) is 10.0 Å². The van der Waals surface area contributed by atoms with E-state index < -0.39 is 7.12 Å². The molecule has 15 heavy (non-hydrogen) atoms. The Morgan fingerprint density at radius 1 is 1.13 bits per heavy atom. The van der Waals surface area contributed by atoms with E-state index in [1.807, 2.05) is 12.1 Å². The molecule has 1 rings (SSSR count). The fourth-order valence-corrected chi connectivity index (χ4v) is 1.60. The van der Waals surface area contributed by atoms with Crippen LogP contribution in [-0.4, -0.2) is 30.3 Å². The summed E-state index contributed by atoms with van der Waals surface area (Å²) in [6.45, 7) is 6.26. The summed E-state index contributed by atoms with van der Waals surface area (Å²) in [5, 5.41) is 17.9. The van der Waals surface area contributed by atoms with E-state index in [1.165, 1.54) is 0 Å². The van der Waals surface area contributed by atoms with Gasteiger partial charge in [-0.05, 0) is 30.9 Å². The van der Waals surface area contributed by atoms with Crippen LogP contribution in [0.1, 0.15) is 20.3 Å². The normalized spacial score (nSPS) is 10.1. The molecule has 82 valence electrons. The fraction of sp³-hybridized carbons (Fsp3) is 0.455. The largest absolute Gasteiger partial charge is 0.488 e. The first-order valence-electron chi connectivity index (χ1n) is 5.40. The van der Waals surface area contributed by atoms with Crippen LogP contribution < -0.4 is 10.4 Å². The highest BCUT2D eigenvalue weighted by Crippen LogP contribution is 2.12. The van der Waals surface area contributed by atoms with E-state index in [-0.39, 0.29) is 0 Å². The van der Waals surface area contributed by atoms with Crippen molar-refractivity contribution in [2.45, 2.75) is 20.3 Å². The average molecular weight is 207 g/mol. The SMILES string of the molecule is CCCN(CC)c1ccc(B(O)O)cc1. The van der Waals surface area contributed by atoms with Crippen molar-refractivity contribution in [1.29, 1.82) is 0 Å². The number of nitrogens with zero attached hydrogens (tertiary/aromatic N) is 1. The standard InChI is InChI=1S/C11H18BNO2/c1-3-9-13(4-2)11-7-5-10(6-8-11)12(14)15/h5-8,14-15H,3-4,9H2,1-2H3. The predicted molar refractivity (Wildman–Crippen MR) is 64.4 cm³/mol.